The Morgan fingerprint density at radius 2 is 1.92 bits per heavy atom. The third kappa shape index (κ3) is 5.36. The number of nitrogens with two attached hydrogens (primary N) is 2. The van der Waals surface area contributed by atoms with E-state index in [1.54, 1.807) is 4.57 Å². The van der Waals surface area contributed by atoms with E-state index in [0.29, 0.717) is 11.2 Å². The first-order valence-electron chi connectivity index (χ1n) is 11.2. The number of ether oxygens (including phenoxy) is 2. The SMILES string of the molecule is Nc1ccn([C@H]2C[C@H](OP(O)(=S)OC[C@H]3O[C@@H](n4cnc5c(N)ncnc54)C[C@@H]3O)[C@@H](CO)O2)c(=O)n1. The Morgan fingerprint density at radius 3 is 2.68 bits per heavy atom. The molecule has 0 aromatic carbocycles. The molecule has 37 heavy (non-hydrogen) atoms. The topological polar surface area (TPSA) is 228 Å². The predicted octanol–water partition coefficient (Wildman–Crippen LogP) is -1.21. The number of imidazole rings is 1. The second kappa shape index (κ2) is 10.3. The first kappa shape index (κ1) is 26.0. The zero-order chi connectivity index (χ0) is 26.3. The van der Waals surface area contributed by atoms with Crippen molar-refractivity contribution in [1.29, 1.82) is 0 Å². The van der Waals surface area contributed by atoms with E-state index < -0.39 is 55.9 Å². The minimum Gasteiger partial charge on any atom is -0.394 e. The molecule has 2 aliphatic rings. The summed E-state index contributed by atoms with van der Waals surface area (Å²) in [7, 11) is 0. The number of aliphatic hydroxyl groups is 2. The van der Waals surface area contributed by atoms with Crippen LogP contribution in [0.25, 0.3) is 11.2 Å². The van der Waals surface area contributed by atoms with Crippen molar-refractivity contribution in [2.24, 2.45) is 0 Å². The molecular formula is C19H25N8O8PS. The van der Waals surface area contributed by atoms with Gasteiger partial charge in [0, 0.05) is 19.0 Å². The molecular weight excluding hydrogens is 531 g/mol. The van der Waals surface area contributed by atoms with E-state index in [0.717, 1.165) is 0 Å². The largest absolute Gasteiger partial charge is 0.394 e. The molecule has 0 saturated carbocycles. The lowest BCUT2D eigenvalue weighted by atomic mass is 10.2. The van der Waals surface area contributed by atoms with Gasteiger partial charge in [0.1, 0.15) is 42.3 Å². The molecule has 0 amide bonds. The molecule has 5 heterocycles. The van der Waals surface area contributed by atoms with Gasteiger partial charge in [-0.1, -0.05) is 0 Å². The second-order valence-electron chi connectivity index (χ2n) is 8.51. The minimum atomic E-state index is -3.86. The van der Waals surface area contributed by atoms with Crippen LogP contribution in [-0.4, -0.2) is 81.8 Å². The Balaban J connectivity index is 1.20. The summed E-state index contributed by atoms with van der Waals surface area (Å²) in [5.74, 6) is 0.277. The van der Waals surface area contributed by atoms with Gasteiger partial charge in [0.15, 0.2) is 11.5 Å². The monoisotopic (exact) mass is 556 g/mol. The van der Waals surface area contributed by atoms with Crippen LogP contribution in [0.2, 0.25) is 0 Å². The van der Waals surface area contributed by atoms with Crippen LogP contribution in [0.15, 0.2) is 29.7 Å². The number of hydrogen-bond acceptors (Lipinski definition) is 14. The third-order valence-corrected chi connectivity index (χ3v) is 7.68. The maximum Gasteiger partial charge on any atom is 0.351 e. The fourth-order valence-corrected chi connectivity index (χ4v) is 5.75. The molecule has 5 rings (SSSR count). The highest BCUT2D eigenvalue weighted by Gasteiger charge is 2.42. The van der Waals surface area contributed by atoms with Crippen molar-refractivity contribution < 1.29 is 33.6 Å². The van der Waals surface area contributed by atoms with Gasteiger partial charge in [0.25, 0.3) is 0 Å². The highest BCUT2D eigenvalue weighted by Crippen LogP contribution is 2.49. The summed E-state index contributed by atoms with van der Waals surface area (Å²) in [6, 6.07) is 1.43. The number of nitrogen functional groups attached to an aromatic ring is 2. The number of aliphatic hydroxyl groups excluding tert-OH is 2. The standard InChI is InChI=1S/C19H25N8O8PS/c20-13-1-2-26(19(30)25-13)15-4-10(11(5-28)33-15)35-36(31,37)32-6-12-9(29)3-14(34-12)27-8-24-16-17(21)22-7-23-18(16)27/h1-2,7-12,14-15,28-29H,3-6H2,(H,31,37)(H2,20,25,30)(H2,21,22,23)/t9-,10-,11+,12+,14+,15+,36?/m0/s1. The van der Waals surface area contributed by atoms with Crippen LogP contribution in [0.5, 0.6) is 0 Å². The zero-order valence-electron chi connectivity index (χ0n) is 19.2. The lowest BCUT2D eigenvalue weighted by Crippen LogP contribution is -2.29. The van der Waals surface area contributed by atoms with Crippen molar-refractivity contribution in [3.8, 4) is 0 Å². The van der Waals surface area contributed by atoms with Gasteiger partial charge in [-0.2, -0.15) is 4.98 Å². The molecule has 16 nitrogen and oxygen atoms in total. The molecule has 2 saturated heterocycles. The zero-order valence-corrected chi connectivity index (χ0v) is 20.9. The van der Waals surface area contributed by atoms with Gasteiger partial charge in [-0.3, -0.25) is 9.13 Å². The number of anilines is 2. The molecule has 0 aliphatic carbocycles. The molecule has 2 fully saturated rings. The number of aromatic nitrogens is 6. The fraction of sp³-hybridized carbons (Fsp3) is 0.526. The molecule has 200 valence electrons. The number of fused-ring (bicyclic) bond motifs is 1. The van der Waals surface area contributed by atoms with E-state index in [1.807, 2.05) is 0 Å². The predicted molar refractivity (Wildman–Crippen MR) is 130 cm³/mol. The normalized spacial score (nSPS) is 29.6. The molecule has 2 aliphatic heterocycles. The van der Waals surface area contributed by atoms with E-state index in [1.165, 1.54) is 29.5 Å². The molecule has 0 spiro atoms. The van der Waals surface area contributed by atoms with Crippen LogP contribution in [0.3, 0.4) is 0 Å². The van der Waals surface area contributed by atoms with Gasteiger partial charge in [-0.15, -0.1) is 0 Å². The van der Waals surface area contributed by atoms with Crippen LogP contribution >= 0.6 is 6.72 Å². The molecule has 3 aromatic heterocycles. The highest BCUT2D eigenvalue weighted by molar-refractivity contribution is 8.07. The average Bonchev–Trinajstić information content (AvgIpc) is 3.54. The molecule has 7 N–H and O–H groups in total. The second-order valence-corrected chi connectivity index (χ2v) is 11.3. The molecule has 0 bridgehead atoms. The maximum absolute atomic E-state index is 12.1. The smallest absolute Gasteiger partial charge is 0.351 e. The average molecular weight is 556 g/mol. The van der Waals surface area contributed by atoms with Gasteiger partial charge in [0.05, 0.1) is 31.7 Å². The van der Waals surface area contributed by atoms with Crippen LogP contribution in [-0.2, 0) is 30.3 Å². The first-order valence-corrected chi connectivity index (χ1v) is 13.8. The summed E-state index contributed by atoms with van der Waals surface area (Å²) in [5, 5.41) is 20.2. The summed E-state index contributed by atoms with van der Waals surface area (Å²) < 4.78 is 25.5. The summed E-state index contributed by atoms with van der Waals surface area (Å²) in [5.41, 5.74) is 11.6. The van der Waals surface area contributed by atoms with Crippen molar-refractivity contribution in [3.05, 3.63) is 35.4 Å². The van der Waals surface area contributed by atoms with E-state index in [2.05, 4.69) is 19.9 Å². The van der Waals surface area contributed by atoms with Crippen LogP contribution < -0.4 is 17.2 Å². The van der Waals surface area contributed by atoms with E-state index in [9.17, 15) is 19.9 Å². The first-order chi connectivity index (χ1) is 17.6. The summed E-state index contributed by atoms with van der Waals surface area (Å²) in [6.07, 6.45) is -0.467. The number of rotatable bonds is 8. The van der Waals surface area contributed by atoms with Gasteiger partial charge in [0.2, 0.25) is 0 Å². The van der Waals surface area contributed by atoms with Gasteiger partial charge in [-0.05, 0) is 17.9 Å². The van der Waals surface area contributed by atoms with Gasteiger partial charge < -0.3 is 45.1 Å². The van der Waals surface area contributed by atoms with Crippen molar-refractivity contribution in [2.75, 3.05) is 24.7 Å². The van der Waals surface area contributed by atoms with Crippen molar-refractivity contribution >= 4 is 41.3 Å². The summed E-state index contributed by atoms with van der Waals surface area (Å²) >= 11 is 5.14. The van der Waals surface area contributed by atoms with Crippen LogP contribution in [0.4, 0.5) is 11.6 Å². The summed E-state index contributed by atoms with van der Waals surface area (Å²) in [6.45, 7) is -4.58. The Hall–Kier alpha value is -2.60. The highest BCUT2D eigenvalue weighted by atomic mass is 32.5. The van der Waals surface area contributed by atoms with Crippen molar-refractivity contribution in [3.63, 3.8) is 0 Å². The third-order valence-electron chi connectivity index (χ3n) is 6.09. The van der Waals surface area contributed by atoms with Crippen molar-refractivity contribution in [1.82, 2.24) is 29.1 Å². The van der Waals surface area contributed by atoms with Crippen LogP contribution in [0, 0.1) is 0 Å². The molecule has 1 unspecified atom stereocenters. The van der Waals surface area contributed by atoms with E-state index in [4.69, 9.17) is 41.8 Å². The van der Waals surface area contributed by atoms with E-state index in [-0.39, 0.29) is 31.1 Å². The Kier molecular flexibility index (Phi) is 7.23. The maximum atomic E-state index is 12.1. The Labute approximate surface area is 214 Å². The summed E-state index contributed by atoms with van der Waals surface area (Å²) in [4.78, 5) is 38.7. The lowest BCUT2D eigenvalue weighted by Gasteiger charge is -2.24. The molecule has 3 aromatic rings. The van der Waals surface area contributed by atoms with Gasteiger partial charge in [-0.25, -0.2) is 19.7 Å². The Bertz CT molecular complexity index is 1390. The Morgan fingerprint density at radius 1 is 1.16 bits per heavy atom. The fourth-order valence-electron chi connectivity index (χ4n) is 4.28. The molecule has 7 atom stereocenters. The lowest BCUT2D eigenvalue weighted by molar-refractivity contribution is -0.0519. The van der Waals surface area contributed by atoms with Crippen LogP contribution in [0.1, 0.15) is 25.3 Å². The minimum absolute atomic E-state index is 0.0576. The number of nitrogens with zero attached hydrogens (tertiary/aromatic N) is 6. The van der Waals surface area contributed by atoms with Gasteiger partial charge >= 0.3 is 12.4 Å². The quantitative estimate of drug-likeness (QED) is 0.205. The van der Waals surface area contributed by atoms with E-state index >= 15 is 0 Å². The van der Waals surface area contributed by atoms with Crippen molar-refractivity contribution in [2.45, 2.75) is 49.7 Å². The number of hydrogen-bond donors (Lipinski definition) is 5. The molecule has 18 heteroatoms. The molecule has 0 radical (unpaired) electrons.